The Morgan fingerprint density at radius 1 is 1.00 bits per heavy atom. The van der Waals surface area contributed by atoms with Gasteiger partial charge in [-0.15, -0.1) is 10.2 Å². The van der Waals surface area contributed by atoms with Crippen LogP contribution in [0.15, 0.2) is 30.3 Å². The van der Waals surface area contributed by atoms with E-state index in [2.05, 4.69) is 20.2 Å². The fraction of sp³-hybridized carbons (Fsp3) is 0.333. The Labute approximate surface area is 179 Å². The summed E-state index contributed by atoms with van der Waals surface area (Å²) in [4.78, 5) is 16.5. The molecule has 0 unspecified atom stereocenters. The molecule has 1 aliphatic heterocycles. The van der Waals surface area contributed by atoms with Gasteiger partial charge in [-0.25, -0.2) is 9.07 Å². The maximum atomic E-state index is 13.2. The molecule has 1 aliphatic rings. The molecule has 3 aromatic rings. The number of aryl methyl sites for hydroxylation is 1. The molecule has 7 nitrogen and oxygen atoms in total. The van der Waals surface area contributed by atoms with Gasteiger partial charge in [-0.3, -0.25) is 4.79 Å². The molecule has 3 heterocycles. The van der Waals surface area contributed by atoms with E-state index >= 15 is 0 Å². The molecule has 1 amide bonds. The van der Waals surface area contributed by atoms with E-state index in [0.717, 1.165) is 28.8 Å². The molecular weight excluding hydrogens is 407 g/mol. The highest BCUT2D eigenvalue weighted by atomic mass is 35.5. The molecule has 0 N–H and O–H groups in total. The maximum Gasteiger partial charge on any atom is 0.255 e. The van der Waals surface area contributed by atoms with Crippen molar-refractivity contribution in [3.63, 3.8) is 0 Å². The number of piperazine rings is 1. The molecule has 0 saturated carbocycles. The second-order valence-corrected chi connectivity index (χ2v) is 7.77. The van der Waals surface area contributed by atoms with E-state index in [4.69, 9.17) is 11.6 Å². The van der Waals surface area contributed by atoms with Gasteiger partial charge >= 0.3 is 0 Å². The first kappa shape index (κ1) is 20.3. The Bertz CT molecular complexity index is 1090. The average molecular weight is 429 g/mol. The van der Waals surface area contributed by atoms with Crippen molar-refractivity contribution in [3.05, 3.63) is 63.7 Å². The van der Waals surface area contributed by atoms with Crippen LogP contribution in [0.2, 0.25) is 5.02 Å². The van der Waals surface area contributed by atoms with Crippen molar-refractivity contribution in [2.75, 3.05) is 31.1 Å². The topological polar surface area (TPSA) is 67.2 Å². The number of halogens is 2. The van der Waals surface area contributed by atoms with Gasteiger partial charge in [0.2, 0.25) is 0 Å². The molecular formula is C21H22ClFN6O. The predicted molar refractivity (Wildman–Crippen MR) is 113 cm³/mol. The van der Waals surface area contributed by atoms with Crippen LogP contribution in [0.25, 0.3) is 5.82 Å². The lowest BCUT2D eigenvalue weighted by Gasteiger charge is -2.35. The predicted octanol–water partition coefficient (Wildman–Crippen LogP) is 3.34. The molecule has 156 valence electrons. The quantitative estimate of drug-likeness (QED) is 0.640. The summed E-state index contributed by atoms with van der Waals surface area (Å²) in [5.41, 5.74) is 3.47. The number of carbonyl (C=O) groups excluding carboxylic acids is 1. The van der Waals surface area contributed by atoms with E-state index in [1.165, 1.54) is 12.1 Å². The first-order chi connectivity index (χ1) is 14.3. The zero-order valence-corrected chi connectivity index (χ0v) is 17.8. The molecule has 0 radical (unpaired) electrons. The number of aromatic nitrogens is 4. The Hall–Kier alpha value is -3.00. The van der Waals surface area contributed by atoms with Crippen LogP contribution < -0.4 is 4.90 Å². The Balaban J connectivity index is 1.43. The average Bonchev–Trinajstić information content (AvgIpc) is 3.01. The SMILES string of the molecule is Cc1nn(-c2ccc(N3CCN(C(=O)c4ccc(F)cc4Cl)CC3)nn2)c(C)c1C. The molecule has 0 spiro atoms. The maximum absolute atomic E-state index is 13.2. The summed E-state index contributed by atoms with van der Waals surface area (Å²) in [5, 5.41) is 13.3. The monoisotopic (exact) mass is 428 g/mol. The van der Waals surface area contributed by atoms with Crippen molar-refractivity contribution in [2.45, 2.75) is 20.8 Å². The zero-order chi connectivity index (χ0) is 21.4. The molecule has 0 atom stereocenters. The van der Waals surface area contributed by atoms with Crippen molar-refractivity contribution in [1.29, 1.82) is 0 Å². The number of amides is 1. The zero-order valence-electron chi connectivity index (χ0n) is 17.1. The van der Waals surface area contributed by atoms with E-state index in [-0.39, 0.29) is 10.9 Å². The molecule has 30 heavy (non-hydrogen) atoms. The van der Waals surface area contributed by atoms with Crippen molar-refractivity contribution in [2.24, 2.45) is 0 Å². The van der Waals surface area contributed by atoms with Gasteiger partial charge in [0.15, 0.2) is 11.6 Å². The van der Waals surface area contributed by atoms with Crippen molar-refractivity contribution in [1.82, 2.24) is 24.9 Å². The number of carbonyl (C=O) groups is 1. The summed E-state index contributed by atoms with van der Waals surface area (Å²) in [6.07, 6.45) is 0. The summed E-state index contributed by atoms with van der Waals surface area (Å²) in [5.74, 6) is 0.774. The lowest BCUT2D eigenvalue weighted by molar-refractivity contribution is 0.0746. The first-order valence-electron chi connectivity index (χ1n) is 9.71. The highest BCUT2D eigenvalue weighted by Gasteiger charge is 2.24. The van der Waals surface area contributed by atoms with Gasteiger partial charge in [-0.05, 0) is 56.7 Å². The Kier molecular flexibility index (Phi) is 5.42. The van der Waals surface area contributed by atoms with E-state index < -0.39 is 5.82 Å². The Morgan fingerprint density at radius 3 is 2.23 bits per heavy atom. The number of hydrogen-bond acceptors (Lipinski definition) is 5. The second kappa shape index (κ2) is 8.02. The summed E-state index contributed by atoms with van der Waals surface area (Å²) >= 11 is 6.03. The molecule has 9 heteroatoms. The summed E-state index contributed by atoms with van der Waals surface area (Å²) < 4.78 is 15.0. The lowest BCUT2D eigenvalue weighted by atomic mass is 10.1. The fourth-order valence-electron chi connectivity index (χ4n) is 3.52. The highest BCUT2D eigenvalue weighted by molar-refractivity contribution is 6.33. The molecule has 2 aromatic heterocycles. The molecule has 4 rings (SSSR count). The van der Waals surface area contributed by atoms with E-state index in [0.29, 0.717) is 37.6 Å². The lowest BCUT2D eigenvalue weighted by Crippen LogP contribution is -2.49. The molecule has 1 fully saturated rings. The molecule has 1 saturated heterocycles. The van der Waals surface area contributed by atoms with Crippen LogP contribution in [0.1, 0.15) is 27.3 Å². The minimum absolute atomic E-state index is 0.128. The molecule has 1 aromatic carbocycles. The number of nitrogens with zero attached hydrogens (tertiary/aromatic N) is 6. The normalized spacial score (nSPS) is 14.3. The minimum Gasteiger partial charge on any atom is -0.352 e. The van der Waals surface area contributed by atoms with Crippen LogP contribution in [-0.2, 0) is 0 Å². The third-order valence-corrected chi connectivity index (χ3v) is 5.87. The largest absolute Gasteiger partial charge is 0.352 e. The second-order valence-electron chi connectivity index (χ2n) is 7.36. The van der Waals surface area contributed by atoms with E-state index in [1.54, 1.807) is 9.58 Å². The Morgan fingerprint density at radius 2 is 1.67 bits per heavy atom. The standard InChI is InChI=1S/C21H22ClFN6O/c1-13-14(2)26-29(15(13)3)20-7-6-19(24-25-20)27-8-10-28(11-9-27)21(30)17-5-4-16(23)12-18(17)22/h4-7,12H,8-11H2,1-3H3. The minimum atomic E-state index is -0.459. The van der Waals surface area contributed by atoms with Crippen LogP contribution >= 0.6 is 11.6 Å². The summed E-state index contributed by atoms with van der Waals surface area (Å²) in [6.45, 7) is 8.30. The van der Waals surface area contributed by atoms with Gasteiger partial charge in [-0.1, -0.05) is 11.6 Å². The molecule has 0 aliphatic carbocycles. The van der Waals surface area contributed by atoms with Crippen LogP contribution in [-0.4, -0.2) is 57.0 Å². The van der Waals surface area contributed by atoms with Gasteiger partial charge in [0.1, 0.15) is 5.82 Å². The third-order valence-electron chi connectivity index (χ3n) is 5.56. The van der Waals surface area contributed by atoms with Gasteiger partial charge in [-0.2, -0.15) is 5.10 Å². The van der Waals surface area contributed by atoms with Crippen molar-refractivity contribution in [3.8, 4) is 5.82 Å². The van der Waals surface area contributed by atoms with Crippen molar-refractivity contribution < 1.29 is 9.18 Å². The van der Waals surface area contributed by atoms with E-state index in [9.17, 15) is 9.18 Å². The summed E-state index contributed by atoms with van der Waals surface area (Å²) in [6, 6.07) is 7.65. The van der Waals surface area contributed by atoms with Gasteiger partial charge < -0.3 is 9.80 Å². The van der Waals surface area contributed by atoms with Gasteiger partial charge in [0.25, 0.3) is 5.91 Å². The first-order valence-corrected chi connectivity index (χ1v) is 10.1. The highest BCUT2D eigenvalue weighted by Crippen LogP contribution is 2.21. The summed E-state index contributed by atoms with van der Waals surface area (Å²) in [7, 11) is 0. The van der Waals surface area contributed by atoms with Gasteiger partial charge in [0.05, 0.1) is 16.3 Å². The number of anilines is 1. The third kappa shape index (κ3) is 3.75. The van der Waals surface area contributed by atoms with Crippen LogP contribution in [0.3, 0.4) is 0 Å². The van der Waals surface area contributed by atoms with E-state index in [1.807, 2.05) is 32.9 Å². The number of hydrogen-bond donors (Lipinski definition) is 0. The molecule has 0 bridgehead atoms. The number of benzene rings is 1. The van der Waals surface area contributed by atoms with Crippen LogP contribution in [0.5, 0.6) is 0 Å². The number of rotatable bonds is 3. The smallest absolute Gasteiger partial charge is 0.255 e. The van der Waals surface area contributed by atoms with Crippen molar-refractivity contribution >= 4 is 23.3 Å². The van der Waals surface area contributed by atoms with Crippen LogP contribution in [0.4, 0.5) is 10.2 Å². The van der Waals surface area contributed by atoms with Crippen LogP contribution in [0, 0.1) is 26.6 Å². The fourth-order valence-corrected chi connectivity index (χ4v) is 3.76. The van der Waals surface area contributed by atoms with Gasteiger partial charge in [0, 0.05) is 31.9 Å².